The van der Waals surface area contributed by atoms with Crippen LogP contribution in [0.2, 0.25) is 0 Å². The van der Waals surface area contributed by atoms with Crippen molar-refractivity contribution < 1.29 is 10.2 Å². The predicted molar refractivity (Wildman–Crippen MR) is 79.1 cm³/mol. The summed E-state index contributed by atoms with van der Waals surface area (Å²) in [6.45, 7) is 5.90. The summed E-state index contributed by atoms with van der Waals surface area (Å²) in [5.74, 6) is 0.518. The molecule has 0 amide bonds. The van der Waals surface area contributed by atoms with Gasteiger partial charge in [0.05, 0.1) is 0 Å². The molecular weight excluding hydrogens is 236 g/mol. The summed E-state index contributed by atoms with van der Waals surface area (Å²) in [6.07, 6.45) is 0. The first-order chi connectivity index (χ1) is 9.00. The smallest absolute Gasteiger partial charge is 0.123 e. The van der Waals surface area contributed by atoms with Gasteiger partial charge in [-0.2, -0.15) is 0 Å². The zero-order valence-corrected chi connectivity index (χ0v) is 11.4. The molecule has 0 aliphatic carbocycles. The second kappa shape index (κ2) is 5.19. The van der Waals surface area contributed by atoms with E-state index in [1.54, 1.807) is 18.2 Å². The van der Waals surface area contributed by atoms with E-state index in [1.165, 1.54) is 0 Å². The number of aromatic hydroxyl groups is 2. The van der Waals surface area contributed by atoms with Gasteiger partial charge in [0.1, 0.15) is 11.5 Å². The van der Waals surface area contributed by atoms with Crippen molar-refractivity contribution >= 4 is 11.1 Å². The normalized spacial score (nSPS) is 12.2. The van der Waals surface area contributed by atoms with Crippen molar-refractivity contribution in [3.63, 3.8) is 0 Å². The first-order valence-corrected chi connectivity index (χ1v) is 6.26. The van der Waals surface area contributed by atoms with Gasteiger partial charge in [0.2, 0.25) is 0 Å². The molecule has 0 saturated carbocycles. The van der Waals surface area contributed by atoms with E-state index in [0.29, 0.717) is 0 Å². The minimum absolute atomic E-state index is 0.256. The van der Waals surface area contributed by atoms with Crippen LogP contribution in [0.3, 0.4) is 0 Å². The number of rotatable bonds is 2. The van der Waals surface area contributed by atoms with Gasteiger partial charge in [0.25, 0.3) is 0 Å². The Morgan fingerprint density at radius 2 is 1.37 bits per heavy atom. The van der Waals surface area contributed by atoms with E-state index in [-0.39, 0.29) is 11.5 Å². The van der Waals surface area contributed by atoms with E-state index in [0.717, 1.165) is 27.8 Å². The van der Waals surface area contributed by atoms with Crippen LogP contribution in [0.25, 0.3) is 11.1 Å². The summed E-state index contributed by atoms with van der Waals surface area (Å²) in [5.41, 5.74) is 4.61. The van der Waals surface area contributed by atoms with Crippen LogP contribution in [0.1, 0.15) is 30.5 Å². The molecule has 2 rings (SSSR count). The number of benzene rings is 2. The summed E-state index contributed by atoms with van der Waals surface area (Å²) in [4.78, 5) is 0. The van der Waals surface area contributed by atoms with Crippen LogP contribution < -0.4 is 0 Å². The largest absolute Gasteiger partial charge is 0.507 e. The van der Waals surface area contributed by atoms with Gasteiger partial charge in [0, 0.05) is 11.1 Å². The van der Waals surface area contributed by atoms with Crippen LogP contribution in [0.15, 0.2) is 42.5 Å². The molecule has 0 spiro atoms. The molecule has 0 bridgehead atoms. The van der Waals surface area contributed by atoms with E-state index < -0.39 is 0 Å². The molecule has 0 aliphatic rings. The lowest BCUT2D eigenvalue weighted by molar-refractivity contribution is 0.472. The molecule has 2 N–H and O–H groups in total. The lowest BCUT2D eigenvalue weighted by atomic mass is 9.95. The Balaban J connectivity index is 2.58. The third-order valence-corrected chi connectivity index (χ3v) is 3.43. The Morgan fingerprint density at radius 3 is 2.05 bits per heavy atom. The van der Waals surface area contributed by atoms with Gasteiger partial charge in [-0.3, -0.25) is 0 Å². The quantitative estimate of drug-likeness (QED) is 0.782. The Bertz CT molecular complexity index is 639. The number of phenols is 2. The van der Waals surface area contributed by atoms with Crippen LogP contribution >= 0.6 is 0 Å². The van der Waals surface area contributed by atoms with Crippen molar-refractivity contribution in [1.29, 1.82) is 0 Å². The van der Waals surface area contributed by atoms with Crippen LogP contribution in [0.5, 0.6) is 11.5 Å². The van der Waals surface area contributed by atoms with Crippen LogP contribution in [0, 0.1) is 6.92 Å². The number of hydrogen-bond acceptors (Lipinski definition) is 2. The molecule has 2 aromatic carbocycles. The van der Waals surface area contributed by atoms with Gasteiger partial charge in [-0.25, -0.2) is 0 Å². The van der Waals surface area contributed by atoms with Gasteiger partial charge in [-0.1, -0.05) is 29.8 Å². The predicted octanol–water partition coefficient (Wildman–Crippen LogP) is 4.36. The number of hydrogen-bond donors (Lipinski definition) is 2. The minimum atomic E-state index is 0.256. The fraction of sp³-hybridized carbons (Fsp3) is 0.176. The Kier molecular flexibility index (Phi) is 3.61. The maximum Gasteiger partial charge on any atom is 0.123 e. The lowest BCUT2D eigenvalue weighted by Gasteiger charge is -2.12. The highest BCUT2D eigenvalue weighted by atomic mass is 16.3. The van der Waals surface area contributed by atoms with E-state index in [4.69, 9.17) is 0 Å². The number of para-hydroxylation sites is 1. The third-order valence-electron chi connectivity index (χ3n) is 3.43. The van der Waals surface area contributed by atoms with Crippen LogP contribution in [-0.4, -0.2) is 10.2 Å². The fourth-order valence-corrected chi connectivity index (χ4v) is 2.14. The number of aryl methyl sites for hydroxylation is 1. The molecular formula is C17H18O2. The highest BCUT2D eigenvalue weighted by Gasteiger charge is 2.10. The summed E-state index contributed by atoms with van der Waals surface area (Å²) < 4.78 is 0. The van der Waals surface area contributed by atoms with Crippen molar-refractivity contribution in [3.8, 4) is 11.5 Å². The molecule has 0 unspecified atom stereocenters. The van der Waals surface area contributed by atoms with Crippen molar-refractivity contribution in [1.82, 2.24) is 0 Å². The van der Waals surface area contributed by atoms with Gasteiger partial charge in [-0.05, 0) is 50.1 Å². The molecule has 0 atom stereocenters. The molecule has 2 aromatic rings. The summed E-state index contributed by atoms with van der Waals surface area (Å²) in [7, 11) is 0. The monoisotopic (exact) mass is 254 g/mol. The molecule has 0 radical (unpaired) electrons. The average molecular weight is 254 g/mol. The van der Waals surface area contributed by atoms with E-state index in [2.05, 4.69) is 0 Å². The molecule has 0 aromatic heterocycles. The second-order valence-electron chi connectivity index (χ2n) is 4.79. The zero-order chi connectivity index (χ0) is 14.0. The average Bonchev–Trinajstić information content (AvgIpc) is 2.40. The number of phenolic OH excluding ortho intramolecular Hbond substituents is 2. The minimum Gasteiger partial charge on any atom is -0.507 e. The second-order valence-corrected chi connectivity index (χ2v) is 4.79. The maximum absolute atomic E-state index is 9.97. The van der Waals surface area contributed by atoms with Crippen LogP contribution in [0.4, 0.5) is 0 Å². The zero-order valence-electron chi connectivity index (χ0n) is 11.4. The molecule has 0 saturated heterocycles. The first kappa shape index (κ1) is 13.2. The van der Waals surface area contributed by atoms with Crippen molar-refractivity contribution in [2.24, 2.45) is 0 Å². The van der Waals surface area contributed by atoms with Crippen molar-refractivity contribution in [2.45, 2.75) is 20.8 Å². The van der Waals surface area contributed by atoms with Crippen molar-refractivity contribution in [2.75, 3.05) is 0 Å². The highest BCUT2D eigenvalue weighted by Crippen LogP contribution is 2.34. The SMILES string of the molecule is C/C(=C(\C)c1cc(C)ccc1O)c1ccccc1O. The molecule has 0 aliphatic heterocycles. The molecule has 0 fully saturated rings. The van der Waals surface area contributed by atoms with Gasteiger partial charge < -0.3 is 10.2 Å². The third kappa shape index (κ3) is 2.63. The lowest BCUT2D eigenvalue weighted by Crippen LogP contribution is -1.89. The maximum atomic E-state index is 9.97. The van der Waals surface area contributed by atoms with E-state index in [1.807, 2.05) is 45.0 Å². The molecule has 2 nitrogen and oxygen atoms in total. The van der Waals surface area contributed by atoms with Gasteiger partial charge >= 0.3 is 0 Å². The standard InChI is InChI=1S/C17H18O2/c1-11-8-9-17(19)15(10-11)13(3)12(2)14-6-4-5-7-16(14)18/h4-10,18-19H,1-3H3/b13-12-. The van der Waals surface area contributed by atoms with Crippen molar-refractivity contribution in [3.05, 3.63) is 59.2 Å². The first-order valence-electron chi connectivity index (χ1n) is 6.26. The highest BCUT2D eigenvalue weighted by molar-refractivity contribution is 5.92. The molecule has 98 valence electrons. The molecule has 19 heavy (non-hydrogen) atoms. The molecule has 0 heterocycles. The fourth-order valence-electron chi connectivity index (χ4n) is 2.14. The Labute approximate surface area is 113 Å². The summed E-state index contributed by atoms with van der Waals surface area (Å²) >= 11 is 0. The van der Waals surface area contributed by atoms with Gasteiger partial charge in [0.15, 0.2) is 0 Å². The Hall–Kier alpha value is -2.22. The van der Waals surface area contributed by atoms with Crippen LogP contribution in [-0.2, 0) is 0 Å². The van der Waals surface area contributed by atoms with E-state index >= 15 is 0 Å². The summed E-state index contributed by atoms with van der Waals surface area (Å²) in [6, 6.07) is 12.8. The topological polar surface area (TPSA) is 40.5 Å². The van der Waals surface area contributed by atoms with E-state index in [9.17, 15) is 10.2 Å². The number of allylic oxidation sites excluding steroid dienone is 2. The summed E-state index contributed by atoms with van der Waals surface area (Å²) in [5, 5.41) is 19.9. The van der Waals surface area contributed by atoms with Gasteiger partial charge in [-0.15, -0.1) is 0 Å². The molecule has 2 heteroatoms. The Morgan fingerprint density at radius 1 is 0.789 bits per heavy atom.